The summed E-state index contributed by atoms with van der Waals surface area (Å²) in [6, 6.07) is 13.5. The van der Waals surface area contributed by atoms with E-state index in [1.807, 2.05) is 45.9 Å². The highest BCUT2D eigenvalue weighted by Gasteiger charge is 2.20. The summed E-state index contributed by atoms with van der Waals surface area (Å²) in [4.78, 5) is 16.7. The van der Waals surface area contributed by atoms with Crippen LogP contribution in [0.2, 0.25) is 0 Å². The minimum atomic E-state index is -0.955. The van der Waals surface area contributed by atoms with Crippen molar-refractivity contribution in [3.05, 3.63) is 77.3 Å². The zero-order valence-corrected chi connectivity index (χ0v) is 24.9. The van der Waals surface area contributed by atoms with Gasteiger partial charge in [0, 0.05) is 62.2 Å². The van der Waals surface area contributed by atoms with Gasteiger partial charge in [0.15, 0.2) is 0 Å². The third kappa shape index (κ3) is 7.10. The highest BCUT2D eigenvalue weighted by molar-refractivity contribution is 7.86. The van der Waals surface area contributed by atoms with Crippen molar-refractivity contribution in [1.82, 2.24) is 4.98 Å². The number of carbonyl (C=O) groups is 1. The molecule has 212 valence electrons. The predicted octanol–water partition coefficient (Wildman–Crippen LogP) is 6.59. The standard InChI is InChI=1S/C32H37NO6S/c1-7-37-30(34)17-24-8-9-26(36-6)18-29(24)38-20-22-14-27-21(2)19-39-31(27)28(15-22)23-10-12-33-25(16-23)11-13-40(35)32(3,4)5/h8-10,12,14-16,18-19H,7,11,13,17,20H2,1-6H3/t40-/m1/s1. The molecule has 0 saturated heterocycles. The van der Waals surface area contributed by atoms with E-state index in [1.165, 1.54) is 0 Å². The number of fused-ring (bicyclic) bond motifs is 1. The second kappa shape index (κ2) is 12.7. The Hall–Kier alpha value is -3.65. The van der Waals surface area contributed by atoms with Gasteiger partial charge < -0.3 is 18.6 Å². The molecule has 0 fully saturated rings. The third-order valence-corrected chi connectivity index (χ3v) is 8.53. The van der Waals surface area contributed by atoms with Crippen molar-refractivity contribution in [3.8, 4) is 22.6 Å². The first-order valence-electron chi connectivity index (χ1n) is 13.4. The number of nitrogens with zero attached hydrogens (tertiary/aromatic N) is 1. The van der Waals surface area contributed by atoms with Gasteiger partial charge >= 0.3 is 5.97 Å². The van der Waals surface area contributed by atoms with Crippen LogP contribution in [-0.2, 0) is 39.8 Å². The van der Waals surface area contributed by atoms with Crippen LogP contribution in [0.25, 0.3) is 22.1 Å². The van der Waals surface area contributed by atoms with Crippen molar-refractivity contribution in [3.63, 3.8) is 0 Å². The van der Waals surface area contributed by atoms with Crippen molar-refractivity contribution < 1.29 is 27.6 Å². The van der Waals surface area contributed by atoms with Gasteiger partial charge in [0.25, 0.3) is 0 Å². The molecule has 0 unspecified atom stereocenters. The summed E-state index contributed by atoms with van der Waals surface area (Å²) in [6.07, 6.45) is 4.28. The fraction of sp³-hybridized carbons (Fsp3) is 0.375. The first-order chi connectivity index (χ1) is 19.1. The van der Waals surface area contributed by atoms with Gasteiger partial charge in [0.1, 0.15) is 23.7 Å². The van der Waals surface area contributed by atoms with E-state index in [2.05, 4.69) is 17.1 Å². The van der Waals surface area contributed by atoms with Gasteiger partial charge in [-0.3, -0.25) is 14.0 Å². The Kier molecular flexibility index (Phi) is 9.30. The number of esters is 1. The Morgan fingerprint density at radius 2 is 1.90 bits per heavy atom. The SMILES string of the molecule is CCOC(=O)Cc1ccc(OC)cc1OCc1cc(-c2ccnc(CC[S@@](=O)C(C)(C)C)c2)c2occ(C)c2c1. The Labute approximate surface area is 238 Å². The van der Waals surface area contributed by atoms with Crippen LogP contribution in [0.1, 0.15) is 50.1 Å². The van der Waals surface area contributed by atoms with Crippen molar-refractivity contribution >= 4 is 27.7 Å². The van der Waals surface area contributed by atoms with Crippen LogP contribution in [0.3, 0.4) is 0 Å². The monoisotopic (exact) mass is 563 g/mol. The summed E-state index contributed by atoms with van der Waals surface area (Å²) >= 11 is 0. The summed E-state index contributed by atoms with van der Waals surface area (Å²) < 4.78 is 35.1. The number of hydrogen-bond acceptors (Lipinski definition) is 7. The molecule has 7 nitrogen and oxygen atoms in total. The average molecular weight is 564 g/mol. The van der Waals surface area contributed by atoms with E-state index in [0.29, 0.717) is 30.3 Å². The maximum atomic E-state index is 12.6. The molecule has 8 heteroatoms. The lowest BCUT2D eigenvalue weighted by Gasteiger charge is -2.17. The Bertz CT molecular complexity index is 1520. The van der Waals surface area contributed by atoms with Gasteiger partial charge in [-0.15, -0.1) is 0 Å². The molecule has 0 radical (unpaired) electrons. The second-order valence-electron chi connectivity index (χ2n) is 10.6. The molecule has 0 spiro atoms. The van der Waals surface area contributed by atoms with Crippen LogP contribution in [0.15, 0.2) is 59.3 Å². The molecule has 2 aromatic heterocycles. The van der Waals surface area contributed by atoms with Gasteiger partial charge in [-0.05, 0) is 81.6 Å². The predicted molar refractivity (Wildman–Crippen MR) is 158 cm³/mol. The van der Waals surface area contributed by atoms with Gasteiger partial charge in [-0.1, -0.05) is 6.07 Å². The van der Waals surface area contributed by atoms with Crippen LogP contribution in [0, 0.1) is 6.92 Å². The quantitative estimate of drug-likeness (QED) is 0.190. The number of rotatable bonds is 11. The van der Waals surface area contributed by atoms with Crippen molar-refractivity contribution in [2.75, 3.05) is 19.5 Å². The lowest BCUT2D eigenvalue weighted by atomic mass is 9.99. The average Bonchev–Trinajstić information content (AvgIpc) is 3.30. The Morgan fingerprint density at radius 3 is 2.62 bits per heavy atom. The Morgan fingerprint density at radius 1 is 1.10 bits per heavy atom. The van der Waals surface area contributed by atoms with E-state index >= 15 is 0 Å². The molecular weight excluding hydrogens is 526 g/mol. The van der Waals surface area contributed by atoms with E-state index in [-0.39, 0.29) is 23.7 Å². The van der Waals surface area contributed by atoms with Crippen LogP contribution in [0.4, 0.5) is 0 Å². The second-order valence-corrected chi connectivity index (χ2v) is 13.0. The van der Waals surface area contributed by atoms with Crippen LogP contribution in [-0.4, -0.2) is 39.4 Å². The fourth-order valence-corrected chi connectivity index (χ4v) is 5.38. The summed E-state index contributed by atoms with van der Waals surface area (Å²) in [6.45, 7) is 10.4. The number of benzene rings is 2. The maximum absolute atomic E-state index is 12.6. The molecule has 0 saturated carbocycles. The molecule has 0 aliphatic rings. The molecule has 2 heterocycles. The maximum Gasteiger partial charge on any atom is 0.310 e. The van der Waals surface area contributed by atoms with E-state index in [4.69, 9.17) is 18.6 Å². The van der Waals surface area contributed by atoms with Gasteiger partial charge in [-0.25, -0.2) is 0 Å². The van der Waals surface area contributed by atoms with E-state index in [0.717, 1.165) is 44.5 Å². The molecular formula is C32H37NO6S. The van der Waals surface area contributed by atoms with E-state index in [9.17, 15) is 9.00 Å². The third-order valence-electron chi connectivity index (χ3n) is 6.59. The number of aromatic nitrogens is 1. The first-order valence-corrected chi connectivity index (χ1v) is 14.7. The number of ether oxygens (including phenoxy) is 3. The zero-order chi connectivity index (χ0) is 28.9. The number of pyridine rings is 1. The topological polar surface area (TPSA) is 87.9 Å². The zero-order valence-electron chi connectivity index (χ0n) is 24.0. The molecule has 1 atom stereocenters. The van der Waals surface area contributed by atoms with Crippen LogP contribution >= 0.6 is 0 Å². The number of furan rings is 1. The van der Waals surface area contributed by atoms with Crippen LogP contribution < -0.4 is 9.47 Å². The van der Waals surface area contributed by atoms with Crippen molar-refractivity contribution in [2.24, 2.45) is 0 Å². The van der Waals surface area contributed by atoms with E-state index in [1.54, 1.807) is 38.6 Å². The summed E-state index contributed by atoms with van der Waals surface area (Å²) in [5, 5.41) is 1.00. The highest BCUT2D eigenvalue weighted by atomic mass is 32.2. The van der Waals surface area contributed by atoms with Crippen molar-refractivity contribution in [2.45, 2.75) is 58.8 Å². The highest BCUT2D eigenvalue weighted by Crippen LogP contribution is 2.34. The molecule has 40 heavy (non-hydrogen) atoms. The number of carbonyl (C=O) groups excluding carboxylic acids is 1. The van der Waals surface area contributed by atoms with Gasteiger partial charge in [0.2, 0.25) is 0 Å². The summed E-state index contributed by atoms with van der Waals surface area (Å²) in [5.41, 5.74) is 6.28. The minimum absolute atomic E-state index is 0.109. The Balaban J connectivity index is 1.63. The van der Waals surface area contributed by atoms with Gasteiger partial charge in [-0.2, -0.15) is 0 Å². The summed E-state index contributed by atoms with van der Waals surface area (Å²) in [5.74, 6) is 1.45. The lowest BCUT2D eigenvalue weighted by molar-refractivity contribution is -0.142. The number of aryl methyl sites for hydroxylation is 2. The molecule has 4 rings (SSSR count). The molecule has 0 bridgehead atoms. The first kappa shape index (κ1) is 29.3. The largest absolute Gasteiger partial charge is 0.497 e. The normalized spacial score (nSPS) is 12.3. The molecule has 2 aromatic carbocycles. The van der Waals surface area contributed by atoms with Crippen LogP contribution in [0.5, 0.6) is 11.5 Å². The van der Waals surface area contributed by atoms with Crippen molar-refractivity contribution in [1.29, 1.82) is 0 Å². The smallest absolute Gasteiger partial charge is 0.310 e. The summed E-state index contributed by atoms with van der Waals surface area (Å²) in [7, 11) is 0.638. The molecule has 4 aromatic rings. The molecule has 0 aliphatic carbocycles. The number of hydrogen-bond donors (Lipinski definition) is 0. The van der Waals surface area contributed by atoms with E-state index < -0.39 is 10.8 Å². The lowest BCUT2D eigenvalue weighted by Crippen LogP contribution is -2.25. The molecule has 0 N–H and O–H groups in total. The van der Waals surface area contributed by atoms with Gasteiger partial charge in [0.05, 0.1) is 26.4 Å². The molecule has 0 aliphatic heterocycles. The minimum Gasteiger partial charge on any atom is -0.497 e. The molecule has 0 amide bonds. The number of methoxy groups -OCH3 is 1. The fourth-order valence-electron chi connectivity index (χ4n) is 4.37.